The Morgan fingerprint density at radius 3 is 2.62 bits per heavy atom. The highest BCUT2D eigenvalue weighted by atomic mass is 16.2. The molecule has 0 unspecified atom stereocenters. The Labute approximate surface area is 154 Å². The first-order chi connectivity index (χ1) is 12.7. The number of rotatable bonds is 6. The van der Waals surface area contributed by atoms with Crippen LogP contribution in [0.4, 0.5) is 11.4 Å². The van der Waals surface area contributed by atoms with Crippen LogP contribution in [-0.4, -0.2) is 24.9 Å². The van der Waals surface area contributed by atoms with Crippen LogP contribution in [-0.2, 0) is 22.4 Å². The van der Waals surface area contributed by atoms with Crippen LogP contribution in [0.25, 0.3) is 0 Å². The zero-order valence-corrected chi connectivity index (χ0v) is 14.9. The second-order valence-corrected chi connectivity index (χ2v) is 6.59. The molecular weight excluding hydrogens is 326 g/mol. The molecule has 26 heavy (non-hydrogen) atoms. The third kappa shape index (κ3) is 4.49. The fraction of sp³-hybridized carbons (Fsp3) is 0.333. The fourth-order valence-electron chi connectivity index (χ4n) is 3.25. The van der Waals surface area contributed by atoms with E-state index in [-0.39, 0.29) is 11.8 Å². The Morgan fingerprint density at radius 2 is 1.85 bits per heavy atom. The highest BCUT2D eigenvalue weighted by Crippen LogP contribution is 2.27. The maximum atomic E-state index is 12.8. The minimum Gasteiger partial charge on any atom is -0.330 e. The molecule has 2 aromatic carbocycles. The predicted octanol–water partition coefficient (Wildman–Crippen LogP) is 2.89. The lowest BCUT2D eigenvalue weighted by molar-refractivity contribution is -0.118. The van der Waals surface area contributed by atoms with Gasteiger partial charge in [0.05, 0.1) is 6.42 Å². The molecule has 1 heterocycles. The maximum absolute atomic E-state index is 12.8. The summed E-state index contributed by atoms with van der Waals surface area (Å²) in [6.07, 6.45) is 3.48. The third-order valence-corrected chi connectivity index (χ3v) is 4.61. The second kappa shape index (κ2) is 8.63. The number of nitrogens with two attached hydrogens (primary N) is 1. The number of nitrogens with one attached hydrogen (secondary N) is 1. The van der Waals surface area contributed by atoms with Crippen LogP contribution >= 0.6 is 0 Å². The van der Waals surface area contributed by atoms with Crippen molar-refractivity contribution in [3.8, 4) is 0 Å². The van der Waals surface area contributed by atoms with E-state index in [1.54, 1.807) is 0 Å². The van der Waals surface area contributed by atoms with E-state index in [1.165, 1.54) is 5.56 Å². The number of hydrogen-bond acceptors (Lipinski definition) is 3. The van der Waals surface area contributed by atoms with Gasteiger partial charge in [0, 0.05) is 24.3 Å². The van der Waals surface area contributed by atoms with Crippen LogP contribution in [0.15, 0.2) is 48.5 Å². The normalized spacial score (nSPS) is 13.2. The third-order valence-electron chi connectivity index (χ3n) is 4.61. The molecule has 0 saturated heterocycles. The molecule has 2 aromatic rings. The molecule has 0 saturated carbocycles. The summed E-state index contributed by atoms with van der Waals surface area (Å²) < 4.78 is 0. The molecule has 0 spiro atoms. The van der Waals surface area contributed by atoms with E-state index in [2.05, 4.69) is 11.4 Å². The Bertz CT molecular complexity index is 771. The molecule has 0 aliphatic carbocycles. The van der Waals surface area contributed by atoms with Crippen LogP contribution < -0.4 is 16.0 Å². The molecule has 0 aromatic heterocycles. The Morgan fingerprint density at radius 1 is 1.08 bits per heavy atom. The van der Waals surface area contributed by atoms with E-state index in [9.17, 15) is 9.59 Å². The number of hydrogen-bond donors (Lipinski definition) is 2. The van der Waals surface area contributed by atoms with Crippen molar-refractivity contribution in [3.63, 3.8) is 0 Å². The Hall–Kier alpha value is -2.66. The summed E-state index contributed by atoms with van der Waals surface area (Å²) in [5.74, 6) is 0.0704. The van der Waals surface area contributed by atoms with E-state index in [0.29, 0.717) is 25.8 Å². The van der Waals surface area contributed by atoms with Crippen molar-refractivity contribution in [3.05, 3.63) is 59.7 Å². The number of para-hydroxylation sites is 1. The molecule has 0 bridgehead atoms. The van der Waals surface area contributed by atoms with Crippen molar-refractivity contribution in [1.29, 1.82) is 0 Å². The molecule has 5 heteroatoms. The van der Waals surface area contributed by atoms with Gasteiger partial charge in [-0.25, -0.2) is 0 Å². The van der Waals surface area contributed by atoms with Crippen LogP contribution in [0.3, 0.4) is 0 Å². The van der Waals surface area contributed by atoms with Gasteiger partial charge in [0.25, 0.3) is 0 Å². The van der Waals surface area contributed by atoms with Gasteiger partial charge in [-0.3, -0.25) is 9.59 Å². The number of aryl methyl sites for hydroxylation is 1. The van der Waals surface area contributed by atoms with Crippen molar-refractivity contribution in [1.82, 2.24) is 0 Å². The second-order valence-electron chi connectivity index (χ2n) is 6.59. The Balaban J connectivity index is 1.61. The number of carbonyl (C=O) groups excluding carboxylic acids is 2. The van der Waals surface area contributed by atoms with E-state index < -0.39 is 0 Å². The van der Waals surface area contributed by atoms with Crippen molar-refractivity contribution in [2.75, 3.05) is 23.3 Å². The molecule has 3 rings (SSSR count). The summed E-state index contributed by atoms with van der Waals surface area (Å²) in [4.78, 5) is 26.4. The molecule has 136 valence electrons. The largest absolute Gasteiger partial charge is 0.330 e. The number of anilines is 2. The minimum absolute atomic E-state index is 0.0378. The van der Waals surface area contributed by atoms with E-state index >= 15 is 0 Å². The summed E-state index contributed by atoms with van der Waals surface area (Å²) in [5, 5.41) is 2.84. The molecular formula is C21H25N3O2. The molecule has 2 amide bonds. The van der Waals surface area contributed by atoms with Crippen molar-refractivity contribution in [2.45, 2.75) is 32.1 Å². The van der Waals surface area contributed by atoms with Gasteiger partial charge >= 0.3 is 0 Å². The van der Waals surface area contributed by atoms with E-state index in [4.69, 9.17) is 5.73 Å². The van der Waals surface area contributed by atoms with Crippen LogP contribution in [0, 0.1) is 0 Å². The van der Waals surface area contributed by atoms with Gasteiger partial charge in [-0.05, 0) is 55.1 Å². The van der Waals surface area contributed by atoms with Gasteiger partial charge in [0.2, 0.25) is 11.8 Å². The minimum atomic E-state index is -0.0378. The first-order valence-corrected chi connectivity index (χ1v) is 9.14. The van der Waals surface area contributed by atoms with Gasteiger partial charge in [-0.2, -0.15) is 0 Å². The lowest BCUT2D eigenvalue weighted by Gasteiger charge is -2.29. The molecule has 3 N–H and O–H groups in total. The number of nitrogens with zero attached hydrogens (tertiary/aromatic N) is 1. The van der Waals surface area contributed by atoms with Gasteiger partial charge in [0.1, 0.15) is 0 Å². The topological polar surface area (TPSA) is 75.4 Å². The molecule has 1 aliphatic heterocycles. The predicted molar refractivity (Wildman–Crippen MR) is 104 cm³/mol. The standard InChI is InChI=1S/C21H25N3O2/c22-13-3-8-20(25)23-18-11-9-16(10-12-18)15-21(26)24-14-4-6-17-5-1-2-7-19(17)24/h1-2,5,7,9-12H,3-4,6,8,13-15,22H2,(H,23,25). The molecule has 0 atom stereocenters. The number of fused-ring (bicyclic) bond motifs is 1. The molecule has 0 fully saturated rings. The van der Waals surface area contributed by atoms with E-state index in [1.807, 2.05) is 47.4 Å². The molecule has 5 nitrogen and oxygen atoms in total. The molecule has 1 aliphatic rings. The summed E-state index contributed by atoms with van der Waals surface area (Å²) in [6.45, 7) is 1.28. The van der Waals surface area contributed by atoms with Gasteiger partial charge in [0.15, 0.2) is 0 Å². The lowest BCUT2D eigenvalue weighted by atomic mass is 10.0. The SMILES string of the molecule is NCCCC(=O)Nc1ccc(CC(=O)N2CCCc3ccccc32)cc1. The number of benzene rings is 2. The van der Waals surface area contributed by atoms with Crippen molar-refractivity contribution >= 4 is 23.2 Å². The Kier molecular flexibility index (Phi) is 6.02. The number of amides is 2. The maximum Gasteiger partial charge on any atom is 0.231 e. The van der Waals surface area contributed by atoms with Crippen molar-refractivity contribution < 1.29 is 9.59 Å². The van der Waals surface area contributed by atoms with Crippen LogP contribution in [0.1, 0.15) is 30.4 Å². The summed E-state index contributed by atoms with van der Waals surface area (Å²) in [7, 11) is 0. The summed E-state index contributed by atoms with van der Waals surface area (Å²) >= 11 is 0. The smallest absolute Gasteiger partial charge is 0.231 e. The van der Waals surface area contributed by atoms with Crippen LogP contribution in [0.5, 0.6) is 0 Å². The van der Waals surface area contributed by atoms with E-state index in [0.717, 1.165) is 36.3 Å². The highest BCUT2D eigenvalue weighted by Gasteiger charge is 2.22. The first kappa shape index (κ1) is 18.1. The quantitative estimate of drug-likeness (QED) is 0.840. The van der Waals surface area contributed by atoms with Crippen molar-refractivity contribution in [2.24, 2.45) is 5.73 Å². The summed E-state index contributed by atoms with van der Waals surface area (Å²) in [5.41, 5.74) is 9.37. The average Bonchev–Trinajstić information content (AvgIpc) is 2.67. The monoisotopic (exact) mass is 351 g/mol. The average molecular weight is 351 g/mol. The van der Waals surface area contributed by atoms with Gasteiger partial charge < -0.3 is 16.0 Å². The van der Waals surface area contributed by atoms with Crippen LogP contribution in [0.2, 0.25) is 0 Å². The highest BCUT2D eigenvalue weighted by molar-refractivity contribution is 5.96. The van der Waals surface area contributed by atoms with Gasteiger partial charge in [-0.15, -0.1) is 0 Å². The summed E-state index contributed by atoms with van der Waals surface area (Å²) in [6, 6.07) is 15.6. The lowest BCUT2D eigenvalue weighted by Crippen LogP contribution is -2.36. The zero-order chi connectivity index (χ0) is 18.4. The fourth-order valence-corrected chi connectivity index (χ4v) is 3.25. The first-order valence-electron chi connectivity index (χ1n) is 9.14. The molecule has 0 radical (unpaired) electrons. The number of carbonyl (C=O) groups is 2. The zero-order valence-electron chi connectivity index (χ0n) is 14.9. The van der Waals surface area contributed by atoms with Gasteiger partial charge in [-0.1, -0.05) is 30.3 Å².